The normalized spacial score (nSPS) is 10.7. The van der Waals surface area contributed by atoms with Gasteiger partial charge in [0.05, 0.1) is 0 Å². The van der Waals surface area contributed by atoms with Crippen molar-refractivity contribution >= 4 is 17.1 Å². The molecule has 0 spiro atoms. The summed E-state index contributed by atoms with van der Waals surface area (Å²) >= 11 is 0. The molecule has 1 amide bonds. The molecule has 3 aromatic heterocycles. The molecular formula is C12H8N5O. The zero-order chi connectivity index (χ0) is 12.5. The standard InChI is InChI=1S/C12H8N5O/c13-12(18)17-11-10(7-16-17)4-9(6-15-11)8-2-1-3-14-5-8/h1-6H,(H2,13,18). The molecule has 87 valence electrons. The molecule has 3 heterocycles. The van der Waals surface area contributed by atoms with Gasteiger partial charge in [-0.3, -0.25) is 4.98 Å². The Balaban J connectivity index is 2.16. The highest BCUT2D eigenvalue weighted by Gasteiger charge is 2.09. The van der Waals surface area contributed by atoms with E-state index in [-0.39, 0.29) is 0 Å². The predicted molar refractivity (Wildman–Crippen MR) is 64.6 cm³/mol. The van der Waals surface area contributed by atoms with Crippen LogP contribution in [0.2, 0.25) is 0 Å². The number of primary amides is 1. The molecule has 3 aromatic rings. The summed E-state index contributed by atoms with van der Waals surface area (Å²) in [6.45, 7) is 0. The monoisotopic (exact) mass is 238 g/mol. The van der Waals surface area contributed by atoms with Crippen molar-refractivity contribution in [2.75, 3.05) is 0 Å². The fourth-order valence-corrected chi connectivity index (χ4v) is 1.70. The molecule has 6 nitrogen and oxygen atoms in total. The minimum absolute atomic E-state index is 0.398. The van der Waals surface area contributed by atoms with Gasteiger partial charge in [-0.2, -0.15) is 9.78 Å². The van der Waals surface area contributed by atoms with Crippen molar-refractivity contribution < 1.29 is 4.79 Å². The highest BCUT2D eigenvalue weighted by molar-refractivity contribution is 5.88. The maximum absolute atomic E-state index is 11.1. The lowest BCUT2D eigenvalue weighted by atomic mass is 10.1. The Labute approximate surface area is 102 Å². The summed E-state index contributed by atoms with van der Waals surface area (Å²) in [7, 11) is 0. The number of carbonyl (C=O) groups excluding carboxylic acids is 1. The fraction of sp³-hybridized carbons (Fsp3) is 0. The van der Waals surface area contributed by atoms with Crippen molar-refractivity contribution in [1.82, 2.24) is 19.7 Å². The van der Waals surface area contributed by atoms with E-state index in [1.54, 1.807) is 18.6 Å². The lowest BCUT2D eigenvalue weighted by Crippen LogP contribution is -2.20. The van der Waals surface area contributed by atoms with Crippen LogP contribution in [0, 0.1) is 6.20 Å². The second kappa shape index (κ2) is 3.92. The number of aromatic nitrogens is 4. The summed E-state index contributed by atoms with van der Waals surface area (Å²) in [6, 6.07) is 4.93. The van der Waals surface area contributed by atoms with Crippen molar-refractivity contribution in [3.8, 4) is 11.1 Å². The van der Waals surface area contributed by atoms with Crippen molar-refractivity contribution in [3.63, 3.8) is 0 Å². The van der Waals surface area contributed by atoms with E-state index in [0.717, 1.165) is 15.8 Å². The maximum atomic E-state index is 11.1. The molecule has 6 heteroatoms. The molecule has 3 rings (SSSR count). The number of nitrogens with zero attached hydrogens (tertiary/aromatic N) is 4. The van der Waals surface area contributed by atoms with Gasteiger partial charge in [0.2, 0.25) is 0 Å². The lowest BCUT2D eigenvalue weighted by Gasteiger charge is -2.00. The number of pyridine rings is 2. The Bertz CT molecular complexity index is 720. The molecule has 0 atom stereocenters. The number of nitrogens with two attached hydrogens (primary N) is 1. The molecule has 0 aromatic carbocycles. The molecule has 0 unspecified atom stereocenters. The highest BCUT2D eigenvalue weighted by Crippen LogP contribution is 2.21. The lowest BCUT2D eigenvalue weighted by molar-refractivity contribution is 0.248. The van der Waals surface area contributed by atoms with E-state index in [1.807, 2.05) is 18.2 Å². The van der Waals surface area contributed by atoms with E-state index in [2.05, 4.69) is 21.3 Å². The van der Waals surface area contributed by atoms with Gasteiger partial charge < -0.3 is 5.73 Å². The van der Waals surface area contributed by atoms with Crippen LogP contribution >= 0.6 is 0 Å². The van der Waals surface area contributed by atoms with Gasteiger partial charge in [-0.15, -0.1) is 0 Å². The second-order valence-electron chi connectivity index (χ2n) is 3.70. The molecule has 0 aliphatic rings. The number of amides is 1. The van der Waals surface area contributed by atoms with Crippen molar-refractivity contribution in [1.29, 1.82) is 0 Å². The van der Waals surface area contributed by atoms with E-state index in [0.29, 0.717) is 11.0 Å². The summed E-state index contributed by atoms with van der Waals surface area (Å²) in [5, 5.41) is 4.40. The third-order valence-electron chi connectivity index (χ3n) is 2.54. The number of hydrogen-bond acceptors (Lipinski definition) is 4. The zero-order valence-corrected chi connectivity index (χ0v) is 9.24. The summed E-state index contributed by atoms with van der Waals surface area (Å²) in [4.78, 5) is 19.3. The van der Waals surface area contributed by atoms with Crippen LogP contribution in [0.4, 0.5) is 4.79 Å². The van der Waals surface area contributed by atoms with Crippen LogP contribution in [0.25, 0.3) is 22.2 Å². The molecule has 0 fully saturated rings. The fourth-order valence-electron chi connectivity index (χ4n) is 1.70. The van der Waals surface area contributed by atoms with E-state index in [4.69, 9.17) is 5.73 Å². The zero-order valence-electron chi connectivity index (χ0n) is 9.24. The van der Waals surface area contributed by atoms with E-state index in [9.17, 15) is 4.79 Å². The molecule has 18 heavy (non-hydrogen) atoms. The number of fused-ring (bicyclic) bond motifs is 1. The van der Waals surface area contributed by atoms with E-state index in [1.165, 1.54) is 0 Å². The molecule has 1 radical (unpaired) electrons. The molecule has 0 bridgehead atoms. The minimum atomic E-state index is -0.678. The molecule has 0 saturated carbocycles. The maximum Gasteiger partial charge on any atom is 0.341 e. The summed E-state index contributed by atoms with van der Waals surface area (Å²) in [6.07, 6.45) is 7.79. The quantitative estimate of drug-likeness (QED) is 0.690. The predicted octanol–water partition coefficient (Wildman–Crippen LogP) is 1.22. The van der Waals surface area contributed by atoms with Gasteiger partial charge in [-0.05, 0) is 12.1 Å². The summed E-state index contributed by atoms with van der Waals surface area (Å²) < 4.78 is 1.02. The molecule has 0 saturated heterocycles. The van der Waals surface area contributed by atoms with Gasteiger partial charge in [0, 0.05) is 35.1 Å². The van der Waals surface area contributed by atoms with Crippen LogP contribution in [0.1, 0.15) is 0 Å². The SMILES string of the molecule is NC(=O)n1n[c]c2cc(-c3cccnc3)cnc21. The summed E-state index contributed by atoms with van der Waals surface area (Å²) in [5.74, 6) is 0. The van der Waals surface area contributed by atoms with Gasteiger partial charge >= 0.3 is 6.03 Å². The van der Waals surface area contributed by atoms with Gasteiger partial charge in [0.15, 0.2) is 5.65 Å². The average Bonchev–Trinajstić information content (AvgIpc) is 2.82. The van der Waals surface area contributed by atoms with Crippen molar-refractivity contribution in [3.05, 3.63) is 43.0 Å². The van der Waals surface area contributed by atoms with Crippen molar-refractivity contribution in [2.45, 2.75) is 0 Å². The first-order valence-electron chi connectivity index (χ1n) is 5.22. The van der Waals surface area contributed by atoms with Crippen LogP contribution in [-0.4, -0.2) is 25.8 Å². The second-order valence-corrected chi connectivity index (χ2v) is 3.70. The molecule has 0 aliphatic carbocycles. The van der Waals surface area contributed by atoms with Crippen molar-refractivity contribution in [2.24, 2.45) is 5.73 Å². The minimum Gasteiger partial charge on any atom is -0.350 e. The third-order valence-corrected chi connectivity index (χ3v) is 2.54. The molecule has 2 N–H and O–H groups in total. The first kappa shape index (κ1) is 10.4. The van der Waals surface area contributed by atoms with Gasteiger partial charge in [0.1, 0.15) is 6.20 Å². The largest absolute Gasteiger partial charge is 0.350 e. The third kappa shape index (κ3) is 1.60. The summed E-state index contributed by atoms with van der Waals surface area (Å²) in [5.41, 5.74) is 7.39. The van der Waals surface area contributed by atoms with Crippen LogP contribution in [0.3, 0.4) is 0 Å². The Morgan fingerprint density at radius 1 is 1.33 bits per heavy atom. The van der Waals surface area contributed by atoms with Gasteiger partial charge in [-0.1, -0.05) is 6.07 Å². The first-order chi connectivity index (χ1) is 8.75. The number of carbonyl (C=O) groups is 1. The number of rotatable bonds is 1. The first-order valence-corrected chi connectivity index (χ1v) is 5.22. The Morgan fingerprint density at radius 2 is 2.22 bits per heavy atom. The Kier molecular flexibility index (Phi) is 2.26. The van der Waals surface area contributed by atoms with Crippen LogP contribution in [0.15, 0.2) is 36.8 Å². The number of hydrogen-bond donors (Lipinski definition) is 1. The molecular weight excluding hydrogens is 230 g/mol. The average molecular weight is 238 g/mol. The smallest absolute Gasteiger partial charge is 0.341 e. The van der Waals surface area contributed by atoms with E-state index >= 15 is 0 Å². The molecule has 0 aliphatic heterocycles. The highest BCUT2D eigenvalue weighted by atomic mass is 16.2. The van der Waals surface area contributed by atoms with Crippen LogP contribution < -0.4 is 5.73 Å². The van der Waals surface area contributed by atoms with Crippen LogP contribution in [0.5, 0.6) is 0 Å². The van der Waals surface area contributed by atoms with E-state index < -0.39 is 6.03 Å². The van der Waals surface area contributed by atoms with Gasteiger partial charge in [-0.25, -0.2) is 9.78 Å². The topological polar surface area (TPSA) is 86.7 Å². The Hall–Kier alpha value is -2.76. The Morgan fingerprint density at radius 3 is 2.94 bits per heavy atom. The van der Waals surface area contributed by atoms with Gasteiger partial charge in [0.25, 0.3) is 0 Å². The van der Waals surface area contributed by atoms with Crippen LogP contribution in [-0.2, 0) is 0 Å².